The first-order valence-corrected chi connectivity index (χ1v) is 5.61. The molecule has 5 heteroatoms. The highest BCUT2D eigenvalue weighted by molar-refractivity contribution is 9.09. The van der Waals surface area contributed by atoms with Gasteiger partial charge in [-0.05, 0) is 18.6 Å². The second kappa shape index (κ2) is 5.32. The minimum Gasteiger partial charge on any atom is -0.325 e. The Morgan fingerprint density at radius 1 is 1.71 bits per heavy atom. The first-order chi connectivity index (χ1) is 6.63. The first kappa shape index (κ1) is 11.5. The smallest absolute Gasteiger partial charge is 0.225 e. The zero-order valence-corrected chi connectivity index (χ0v) is 10.0. The average molecular weight is 278 g/mol. The summed E-state index contributed by atoms with van der Waals surface area (Å²) in [5.41, 5.74) is 1.53. The van der Waals surface area contributed by atoms with Crippen LogP contribution in [0.25, 0.3) is 0 Å². The number of carbonyl (C=O) groups is 1. The van der Waals surface area contributed by atoms with Gasteiger partial charge < -0.3 is 5.32 Å². The second-order valence-corrected chi connectivity index (χ2v) is 3.97. The van der Waals surface area contributed by atoms with Gasteiger partial charge in [0.05, 0.1) is 11.9 Å². The molecule has 0 aromatic carbocycles. The second-order valence-electron chi connectivity index (χ2n) is 2.82. The molecule has 0 unspecified atom stereocenters. The fourth-order valence-corrected chi connectivity index (χ4v) is 1.40. The molecule has 0 saturated carbocycles. The van der Waals surface area contributed by atoms with Crippen LogP contribution in [0.5, 0.6) is 0 Å². The van der Waals surface area contributed by atoms with Gasteiger partial charge in [-0.2, -0.15) is 0 Å². The van der Waals surface area contributed by atoms with Crippen LogP contribution in [0.3, 0.4) is 0 Å². The van der Waals surface area contributed by atoms with Crippen molar-refractivity contribution in [1.29, 1.82) is 0 Å². The number of aryl methyl sites for hydroxylation is 1. The molecule has 0 aliphatic heterocycles. The van der Waals surface area contributed by atoms with Crippen molar-refractivity contribution in [1.82, 2.24) is 4.98 Å². The number of nitrogens with zero attached hydrogens (tertiary/aromatic N) is 1. The first-order valence-electron chi connectivity index (χ1n) is 4.11. The molecule has 1 heterocycles. The number of hydrogen-bond donors (Lipinski definition) is 1. The molecule has 0 spiro atoms. The Labute approximate surface area is 96.0 Å². The predicted octanol–water partition coefficient (Wildman–Crippen LogP) is 2.77. The molecule has 0 aliphatic rings. The topological polar surface area (TPSA) is 42.0 Å². The van der Waals surface area contributed by atoms with Gasteiger partial charge in [0.15, 0.2) is 0 Å². The number of aromatic nitrogens is 1. The van der Waals surface area contributed by atoms with E-state index in [1.807, 2.05) is 6.92 Å². The molecule has 0 bridgehead atoms. The van der Waals surface area contributed by atoms with Gasteiger partial charge in [0.1, 0.15) is 5.15 Å². The van der Waals surface area contributed by atoms with Crippen LogP contribution in [-0.2, 0) is 4.79 Å². The van der Waals surface area contributed by atoms with Gasteiger partial charge in [0, 0.05) is 11.8 Å². The van der Waals surface area contributed by atoms with Crippen molar-refractivity contribution in [2.24, 2.45) is 0 Å². The van der Waals surface area contributed by atoms with Gasteiger partial charge in [-0.15, -0.1) is 0 Å². The monoisotopic (exact) mass is 276 g/mol. The molecule has 0 saturated heterocycles. The van der Waals surface area contributed by atoms with E-state index in [0.29, 0.717) is 22.6 Å². The van der Waals surface area contributed by atoms with Crippen LogP contribution >= 0.6 is 27.5 Å². The quantitative estimate of drug-likeness (QED) is 0.682. The van der Waals surface area contributed by atoms with Crippen molar-refractivity contribution < 1.29 is 4.79 Å². The van der Waals surface area contributed by atoms with E-state index in [9.17, 15) is 4.79 Å². The van der Waals surface area contributed by atoms with Crippen molar-refractivity contribution in [3.05, 3.63) is 23.0 Å². The molecule has 0 aliphatic carbocycles. The molecule has 14 heavy (non-hydrogen) atoms. The van der Waals surface area contributed by atoms with E-state index in [0.717, 1.165) is 5.56 Å². The summed E-state index contributed by atoms with van der Waals surface area (Å²) in [6, 6.07) is 1.79. The van der Waals surface area contributed by atoms with E-state index in [4.69, 9.17) is 11.6 Å². The van der Waals surface area contributed by atoms with Gasteiger partial charge in [0.2, 0.25) is 5.91 Å². The van der Waals surface area contributed by atoms with Crippen molar-refractivity contribution in [3.8, 4) is 0 Å². The Bertz CT molecular complexity index is 344. The van der Waals surface area contributed by atoms with Gasteiger partial charge in [-0.25, -0.2) is 4.98 Å². The standard InChI is InChI=1S/C9H10BrClN2O/c1-6-4-7(5-12-9(6)11)13-8(14)2-3-10/h4-5H,2-3H2,1H3,(H,13,14). The number of halogens is 2. The summed E-state index contributed by atoms with van der Waals surface area (Å²) in [6.07, 6.45) is 1.99. The number of pyridine rings is 1. The number of nitrogens with one attached hydrogen (secondary N) is 1. The van der Waals surface area contributed by atoms with E-state index in [1.165, 1.54) is 0 Å². The van der Waals surface area contributed by atoms with E-state index in [1.54, 1.807) is 12.3 Å². The molecule has 1 aromatic rings. The fourth-order valence-electron chi connectivity index (χ4n) is 0.936. The van der Waals surface area contributed by atoms with Gasteiger partial charge in [0.25, 0.3) is 0 Å². The number of anilines is 1. The van der Waals surface area contributed by atoms with Gasteiger partial charge in [-0.3, -0.25) is 4.79 Å². The Kier molecular flexibility index (Phi) is 4.35. The maximum Gasteiger partial charge on any atom is 0.225 e. The third kappa shape index (κ3) is 3.27. The average Bonchev–Trinajstić information content (AvgIpc) is 2.12. The largest absolute Gasteiger partial charge is 0.325 e. The minimum absolute atomic E-state index is 0.0367. The van der Waals surface area contributed by atoms with E-state index in [2.05, 4.69) is 26.2 Å². The van der Waals surface area contributed by atoms with Crippen LogP contribution in [0, 0.1) is 6.92 Å². The predicted molar refractivity (Wildman–Crippen MR) is 61.0 cm³/mol. The number of hydrogen-bond acceptors (Lipinski definition) is 2. The van der Waals surface area contributed by atoms with E-state index >= 15 is 0 Å². The highest BCUT2D eigenvalue weighted by atomic mass is 79.9. The van der Waals surface area contributed by atoms with Crippen LogP contribution in [-0.4, -0.2) is 16.2 Å². The molecule has 1 amide bonds. The molecule has 0 radical (unpaired) electrons. The van der Waals surface area contributed by atoms with E-state index in [-0.39, 0.29) is 5.91 Å². The van der Waals surface area contributed by atoms with Crippen molar-refractivity contribution in [2.45, 2.75) is 13.3 Å². The van der Waals surface area contributed by atoms with E-state index < -0.39 is 0 Å². The Morgan fingerprint density at radius 3 is 3.00 bits per heavy atom. The summed E-state index contributed by atoms with van der Waals surface area (Å²) >= 11 is 8.94. The lowest BCUT2D eigenvalue weighted by Gasteiger charge is -2.04. The highest BCUT2D eigenvalue weighted by Crippen LogP contribution is 2.16. The lowest BCUT2D eigenvalue weighted by atomic mass is 10.3. The molecule has 1 aromatic heterocycles. The number of rotatable bonds is 3. The summed E-state index contributed by atoms with van der Waals surface area (Å²) in [4.78, 5) is 15.1. The molecule has 1 rings (SSSR count). The SMILES string of the molecule is Cc1cc(NC(=O)CCBr)cnc1Cl. The Balaban J connectivity index is 2.68. The van der Waals surface area contributed by atoms with Crippen molar-refractivity contribution in [2.75, 3.05) is 10.6 Å². The maximum absolute atomic E-state index is 11.2. The van der Waals surface area contributed by atoms with Crippen LogP contribution < -0.4 is 5.32 Å². The van der Waals surface area contributed by atoms with Crippen LogP contribution in [0.1, 0.15) is 12.0 Å². The minimum atomic E-state index is -0.0367. The zero-order valence-electron chi connectivity index (χ0n) is 7.68. The zero-order chi connectivity index (χ0) is 10.6. The molecule has 3 nitrogen and oxygen atoms in total. The molecular formula is C9H10BrClN2O. The third-order valence-electron chi connectivity index (χ3n) is 1.62. The number of amides is 1. The Hall–Kier alpha value is -0.610. The fraction of sp³-hybridized carbons (Fsp3) is 0.333. The van der Waals surface area contributed by atoms with Crippen LogP contribution in [0.15, 0.2) is 12.3 Å². The highest BCUT2D eigenvalue weighted by Gasteiger charge is 2.03. The lowest BCUT2D eigenvalue weighted by molar-refractivity contribution is -0.115. The van der Waals surface area contributed by atoms with Crippen LogP contribution in [0.2, 0.25) is 5.15 Å². The summed E-state index contributed by atoms with van der Waals surface area (Å²) < 4.78 is 0. The normalized spacial score (nSPS) is 9.93. The maximum atomic E-state index is 11.2. The molecule has 0 fully saturated rings. The molecule has 0 atom stereocenters. The van der Waals surface area contributed by atoms with Gasteiger partial charge >= 0.3 is 0 Å². The van der Waals surface area contributed by atoms with Crippen molar-refractivity contribution >= 4 is 39.1 Å². The summed E-state index contributed by atoms with van der Waals surface area (Å²) in [5, 5.41) is 3.83. The summed E-state index contributed by atoms with van der Waals surface area (Å²) in [5.74, 6) is -0.0367. The van der Waals surface area contributed by atoms with Gasteiger partial charge in [-0.1, -0.05) is 27.5 Å². The molecule has 1 N–H and O–H groups in total. The number of alkyl halides is 1. The lowest BCUT2D eigenvalue weighted by Crippen LogP contribution is -2.11. The number of carbonyl (C=O) groups excluding carboxylic acids is 1. The summed E-state index contributed by atoms with van der Waals surface area (Å²) in [6.45, 7) is 1.84. The van der Waals surface area contributed by atoms with Crippen molar-refractivity contribution in [3.63, 3.8) is 0 Å². The van der Waals surface area contributed by atoms with Crippen LogP contribution in [0.4, 0.5) is 5.69 Å². The molecule has 76 valence electrons. The Morgan fingerprint density at radius 2 is 2.43 bits per heavy atom. The summed E-state index contributed by atoms with van der Waals surface area (Å²) in [7, 11) is 0. The third-order valence-corrected chi connectivity index (χ3v) is 2.41. The molecular weight excluding hydrogens is 267 g/mol.